The number of carbonyl (C=O) groups excluding carboxylic acids is 3. The fourth-order valence-corrected chi connectivity index (χ4v) is 2.17. The number of piperidine rings is 1. The smallest absolute Gasteiger partial charge is 0.410 e. The maximum Gasteiger partial charge on any atom is 0.410 e. The van der Waals surface area contributed by atoms with Gasteiger partial charge < -0.3 is 14.4 Å². The van der Waals surface area contributed by atoms with E-state index in [1.807, 2.05) is 6.92 Å². The Hall–Kier alpha value is -1.59. The number of carbonyl (C=O) groups is 3. The van der Waals surface area contributed by atoms with Crippen molar-refractivity contribution in [3.05, 3.63) is 0 Å². The third-order valence-corrected chi connectivity index (χ3v) is 3.35. The predicted molar refractivity (Wildman–Crippen MR) is 81.4 cm³/mol. The van der Waals surface area contributed by atoms with Crippen LogP contribution in [0.25, 0.3) is 0 Å². The highest BCUT2D eigenvalue weighted by Gasteiger charge is 2.33. The van der Waals surface area contributed by atoms with Crippen molar-refractivity contribution >= 4 is 17.8 Å². The van der Waals surface area contributed by atoms with Gasteiger partial charge in [-0.25, -0.2) is 4.79 Å². The molecule has 22 heavy (non-hydrogen) atoms. The van der Waals surface area contributed by atoms with Crippen LogP contribution in [0.2, 0.25) is 0 Å². The van der Waals surface area contributed by atoms with Crippen LogP contribution < -0.4 is 0 Å². The van der Waals surface area contributed by atoms with E-state index in [0.29, 0.717) is 13.2 Å². The lowest BCUT2D eigenvalue weighted by Gasteiger charge is -2.33. The summed E-state index contributed by atoms with van der Waals surface area (Å²) in [6, 6.07) is 0. The minimum absolute atomic E-state index is 0.00671. The average Bonchev–Trinajstić information content (AvgIpc) is 2.39. The zero-order valence-electron chi connectivity index (χ0n) is 14.0. The summed E-state index contributed by atoms with van der Waals surface area (Å²) in [6.45, 7) is 8.34. The fraction of sp³-hybridized carbons (Fsp3) is 0.812. The summed E-state index contributed by atoms with van der Waals surface area (Å²) >= 11 is 0. The Bertz CT molecular complexity index is 413. The van der Waals surface area contributed by atoms with Gasteiger partial charge in [-0.15, -0.1) is 0 Å². The van der Waals surface area contributed by atoms with Crippen LogP contribution >= 0.6 is 0 Å². The van der Waals surface area contributed by atoms with Gasteiger partial charge in [-0.2, -0.15) is 0 Å². The molecule has 0 aromatic heterocycles. The van der Waals surface area contributed by atoms with Crippen LogP contribution in [0.1, 0.15) is 53.4 Å². The average molecular weight is 313 g/mol. The van der Waals surface area contributed by atoms with E-state index in [1.54, 1.807) is 20.8 Å². The van der Waals surface area contributed by atoms with E-state index in [-0.39, 0.29) is 31.1 Å². The van der Waals surface area contributed by atoms with Crippen molar-refractivity contribution in [1.29, 1.82) is 0 Å². The van der Waals surface area contributed by atoms with Gasteiger partial charge in [-0.05, 0) is 27.2 Å². The summed E-state index contributed by atoms with van der Waals surface area (Å²) in [6.07, 6.45) is 1.61. The molecule has 126 valence electrons. The quantitative estimate of drug-likeness (QED) is 0.576. The first-order chi connectivity index (χ1) is 10.2. The summed E-state index contributed by atoms with van der Waals surface area (Å²) in [5.41, 5.74) is -0.576. The number of hydrogen-bond acceptors (Lipinski definition) is 5. The molecule has 0 bridgehead atoms. The van der Waals surface area contributed by atoms with Gasteiger partial charge >= 0.3 is 12.1 Å². The van der Waals surface area contributed by atoms with Gasteiger partial charge in [0.1, 0.15) is 11.4 Å². The number of ether oxygens (including phenoxy) is 2. The SMILES string of the molecule is CCCCOC(=O)CC1CN(C(=O)OC(C)(C)C)CCC1=O. The van der Waals surface area contributed by atoms with Crippen molar-refractivity contribution in [2.75, 3.05) is 19.7 Å². The van der Waals surface area contributed by atoms with Gasteiger partial charge in [-0.1, -0.05) is 13.3 Å². The third-order valence-electron chi connectivity index (χ3n) is 3.35. The van der Waals surface area contributed by atoms with Gasteiger partial charge in [0.25, 0.3) is 0 Å². The topological polar surface area (TPSA) is 72.9 Å². The summed E-state index contributed by atoms with van der Waals surface area (Å²) in [5.74, 6) is -0.861. The highest BCUT2D eigenvalue weighted by atomic mass is 16.6. The molecule has 1 amide bonds. The van der Waals surface area contributed by atoms with Crippen molar-refractivity contribution in [2.24, 2.45) is 5.92 Å². The van der Waals surface area contributed by atoms with Gasteiger partial charge in [0.15, 0.2) is 0 Å². The summed E-state index contributed by atoms with van der Waals surface area (Å²) in [7, 11) is 0. The zero-order chi connectivity index (χ0) is 16.8. The Kier molecular flexibility index (Phi) is 6.84. The van der Waals surface area contributed by atoms with Crippen molar-refractivity contribution in [1.82, 2.24) is 4.90 Å². The van der Waals surface area contributed by atoms with Crippen LogP contribution in [0.15, 0.2) is 0 Å². The molecular weight excluding hydrogens is 286 g/mol. The minimum Gasteiger partial charge on any atom is -0.466 e. The first-order valence-electron chi connectivity index (χ1n) is 7.89. The molecule has 0 N–H and O–H groups in total. The Morgan fingerprint density at radius 3 is 2.59 bits per heavy atom. The number of hydrogen-bond donors (Lipinski definition) is 0. The summed E-state index contributed by atoms with van der Waals surface area (Å²) in [4.78, 5) is 37.2. The zero-order valence-corrected chi connectivity index (χ0v) is 14.0. The minimum atomic E-state index is -0.576. The third kappa shape index (κ3) is 6.45. The van der Waals surface area contributed by atoms with E-state index in [9.17, 15) is 14.4 Å². The molecule has 1 aliphatic rings. The van der Waals surface area contributed by atoms with Crippen LogP contribution in [-0.4, -0.2) is 48.0 Å². The first kappa shape index (κ1) is 18.5. The molecule has 1 rings (SSSR count). The van der Waals surface area contributed by atoms with E-state index in [4.69, 9.17) is 9.47 Å². The molecular formula is C16H27NO5. The lowest BCUT2D eigenvalue weighted by molar-refractivity contribution is -0.147. The van der Waals surface area contributed by atoms with Crippen molar-refractivity contribution in [2.45, 2.75) is 59.0 Å². The predicted octanol–water partition coefficient (Wildman–Crippen LogP) is 2.55. The van der Waals surface area contributed by atoms with E-state index in [1.165, 1.54) is 4.90 Å². The maximum atomic E-state index is 12.0. The van der Waals surface area contributed by atoms with E-state index in [2.05, 4.69) is 0 Å². The molecule has 1 fully saturated rings. The molecule has 0 spiro atoms. The van der Waals surface area contributed by atoms with Crippen LogP contribution in [0.4, 0.5) is 4.79 Å². The summed E-state index contributed by atoms with van der Waals surface area (Å²) < 4.78 is 10.4. The molecule has 6 nitrogen and oxygen atoms in total. The van der Waals surface area contributed by atoms with Crippen molar-refractivity contribution in [3.8, 4) is 0 Å². The Morgan fingerprint density at radius 2 is 2.00 bits per heavy atom. The lowest BCUT2D eigenvalue weighted by atomic mass is 9.93. The number of rotatable bonds is 5. The molecule has 0 aromatic carbocycles. The summed E-state index contributed by atoms with van der Waals surface area (Å²) in [5, 5.41) is 0. The van der Waals surface area contributed by atoms with Crippen LogP contribution in [-0.2, 0) is 19.1 Å². The molecule has 0 saturated carbocycles. The van der Waals surface area contributed by atoms with Crippen LogP contribution in [0, 0.1) is 5.92 Å². The number of unbranched alkanes of at least 4 members (excludes halogenated alkanes) is 1. The van der Waals surface area contributed by atoms with E-state index >= 15 is 0 Å². The number of Topliss-reactive ketones (excluding diaryl/α,β-unsaturated/α-hetero) is 1. The van der Waals surface area contributed by atoms with E-state index in [0.717, 1.165) is 12.8 Å². The molecule has 6 heteroatoms. The Morgan fingerprint density at radius 1 is 1.32 bits per heavy atom. The molecule has 0 radical (unpaired) electrons. The normalized spacial score (nSPS) is 19.0. The molecule has 1 atom stereocenters. The van der Waals surface area contributed by atoms with Gasteiger partial charge in [0.2, 0.25) is 0 Å². The lowest BCUT2D eigenvalue weighted by Crippen LogP contribution is -2.46. The monoisotopic (exact) mass is 313 g/mol. The molecule has 1 heterocycles. The van der Waals surface area contributed by atoms with Crippen molar-refractivity contribution < 1.29 is 23.9 Å². The molecule has 1 aliphatic heterocycles. The van der Waals surface area contributed by atoms with Crippen molar-refractivity contribution in [3.63, 3.8) is 0 Å². The second-order valence-electron chi connectivity index (χ2n) is 6.62. The molecule has 1 saturated heterocycles. The van der Waals surface area contributed by atoms with Gasteiger partial charge in [0, 0.05) is 25.4 Å². The van der Waals surface area contributed by atoms with Gasteiger partial charge in [0.05, 0.1) is 13.0 Å². The Balaban J connectivity index is 2.51. The largest absolute Gasteiger partial charge is 0.466 e. The standard InChI is InChI=1S/C16H27NO5/c1-5-6-9-21-14(19)10-12-11-17(8-7-13(12)18)15(20)22-16(2,3)4/h12H,5-11H2,1-4H3. The number of ketones is 1. The molecule has 1 unspecified atom stereocenters. The van der Waals surface area contributed by atoms with Gasteiger partial charge in [-0.3, -0.25) is 9.59 Å². The Labute approximate surface area is 132 Å². The highest BCUT2D eigenvalue weighted by molar-refractivity contribution is 5.87. The van der Waals surface area contributed by atoms with Crippen LogP contribution in [0.3, 0.4) is 0 Å². The number of amides is 1. The highest BCUT2D eigenvalue weighted by Crippen LogP contribution is 2.19. The maximum absolute atomic E-state index is 12.0. The second kappa shape index (κ2) is 8.15. The number of likely N-dealkylation sites (tertiary alicyclic amines) is 1. The number of nitrogens with zero attached hydrogens (tertiary/aromatic N) is 1. The second-order valence-corrected chi connectivity index (χ2v) is 6.62. The number of esters is 1. The van der Waals surface area contributed by atoms with E-state index < -0.39 is 17.6 Å². The molecule has 0 aliphatic carbocycles. The first-order valence-corrected chi connectivity index (χ1v) is 7.89. The van der Waals surface area contributed by atoms with Crippen LogP contribution in [0.5, 0.6) is 0 Å². The fourth-order valence-electron chi connectivity index (χ4n) is 2.17. The molecule has 0 aromatic rings.